The zero-order chi connectivity index (χ0) is 19.6. The van der Waals surface area contributed by atoms with Crippen LogP contribution in [-0.4, -0.2) is 45.6 Å². The second-order valence-corrected chi connectivity index (χ2v) is 6.94. The second kappa shape index (κ2) is 7.42. The zero-order valence-corrected chi connectivity index (χ0v) is 15.7. The van der Waals surface area contributed by atoms with E-state index >= 15 is 0 Å². The lowest BCUT2D eigenvalue weighted by molar-refractivity contribution is -0.116. The molecule has 0 saturated carbocycles. The summed E-state index contributed by atoms with van der Waals surface area (Å²) in [6.07, 6.45) is 5.56. The number of nitrogens with one attached hydrogen (secondary N) is 1. The first-order valence-corrected chi connectivity index (χ1v) is 9.58. The van der Waals surface area contributed by atoms with Gasteiger partial charge in [0.05, 0.1) is 6.54 Å². The van der Waals surface area contributed by atoms with Gasteiger partial charge in [-0.05, 0) is 48.7 Å². The van der Waals surface area contributed by atoms with Gasteiger partial charge in [-0.1, -0.05) is 6.07 Å². The van der Waals surface area contributed by atoms with Crippen molar-refractivity contribution in [3.05, 3.63) is 47.8 Å². The van der Waals surface area contributed by atoms with Gasteiger partial charge in [0.2, 0.25) is 12.7 Å². The summed E-state index contributed by atoms with van der Waals surface area (Å²) < 4.78 is 12.3. The van der Waals surface area contributed by atoms with Crippen LogP contribution in [0.2, 0.25) is 0 Å². The molecule has 2 aromatic heterocycles. The van der Waals surface area contributed by atoms with E-state index in [0.29, 0.717) is 23.0 Å². The predicted octanol–water partition coefficient (Wildman–Crippen LogP) is 1.78. The number of amides is 1. The molecule has 4 heterocycles. The molecule has 0 bridgehead atoms. The van der Waals surface area contributed by atoms with Crippen LogP contribution in [-0.2, 0) is 11.3 Å². The summed E-state index contributed by atoms with van der Waals surface area (Å²) in [5.41, 5.74) is 1.52. The van der Waals surface area contributed by atoms with Gasteiger partial charge in [-0.15, -0.1) is 15.3 Å². The lowest BCUT2D eigenvalue weighted by Crippen LogP contribution is -2.23. The van der Waals surface area contributed by atoms with Crippen molar-refractivity contribution in [1.29, 1.82) is 0 Å². The van der Waals surface area contributed by atoms with E-state index in [0.717, 1.165) is 24.5 Å². The van der Waals surface area contributed by atoms with Crippen LogP contribution in [0.5, 0.6) is 11.5 Å². The molecule has 2 aliphatic rings. The Morgan fingerprint density at radius 2 is 1.97 bits per heavy atom. The fourth-order valence-corrected chi connectivity index (χ4v) is 3.46. The van der Waals surface area contributed by atoms with E-state index in [9.17, 15) is 4.79 Å². The van der Waals surface area contributed by atoms with Crippen molar-refractivity contribution in [1.82, 2.24) is 25.1 Å². The number of ether oxygens (including phenoxy) is 2. The Bertz CT molecular complexity index is 1090. The standard InChI is InChI=1S/C20H20N6O3/c27-20(8-4-14-3-5-15-16(11-14)29-13-28-15)21-12-19-23-22-17-6-7-18(24-26(17)19)25-9-1-2-10-25/h3-8,11H,1-2,9-10,12-13H2,(H,21,27)/b8-4-. The minimum atomic E-state index is -0.227. The number of rotatable bonds is 5. The van der Waals surface area contributed by atoms with Crippen molar-refractivity contribution in [2.24, 2.45) is 0 Å². The average molecular weight is 392 g/mol. The van der Waals surface area contributed by atoms with Gasteiger partial charge in [0.1, 0.15) is 5.82 Å². The van der Waals surface area contributed by atoms with Crippen LogP contribution in [0.15, 0.2) is 36.4 Å². The molecule has 3 aromatic rings. The lowest BCUT2D eigenvalue weighted by atomic mass is 10.2. The topological polar surface area (TPSA) is 93.9 Å². The lowest BCUT2D eigenvalue weighted by Gasteiger charge is -2.15. The minimum Gasteiger partial charge on any atom is -0.454 e. The molecule has 9 heteroatoms. The van der Waals surface area contributed by atoms with Crippen molar-refractivity contribution in [3.63, 3.8) is 0 Å². The molecule has 9 nitrogen and oxygen atoms in total. The molecule has 1 fully saturated rings. The Hall–Kier alpha value is -3.62. The van der Waals surface area contributed by atoms with E-state index in [-0.39, 0.29) is 19.2 Å². The van der Waals surface area contributed by atoms with Crippen LogP contribution >= 0.6 is 0 Å². The number of carbonyl (C=O) groups is 1. The third-order valence-corrected chi connectivity index (χ3v) is 4.99. The van der Waals surface area contributed by atoms with E-state index in [1.54, 1.807) is 10.6 Å². The van der Waals surface area contributed by atoms with E-state index in [1.165, 1.54) is 18.9 Å². The molecule has 29 heavy (non-hydrogen) atoms. The first kappa shape index (κ1) is 17.5. The molecule has 1 aromatic carbocycles. The molecular weight excluding hydrogens is 372 g/mol. The maximum Gasteiger partial charge on any atom is 0.244 e. The monoisotopic (exact) mass is 392 g/mol. The Labute approximate surface area is 166 Å². The Balaban J connectivity index is 1.25. The van der Waals surface area contributed by atoms with E-state index < -0.39 is 0 Å². The summed E-state index contributed by atoms with van der Waals surface area (Å²) in [7, 11) is 0. The summed E-state index contributed by atoms with van der Waals surface area (Å²) in [5.74, 6) is 2.67. The normalized spacial score (nSPS) is 15.5. The van der Waals surface area contributed by atoms with Crippen LogP contribution in [0.4, 0.5) is 5.82 Å². The van der Waals surface area contributed by atoms with Crippen LogP contribution in [0, 0.1) is 0 Å². The molecule has 0 unspecified atom stereocenters. The molecule has 2 aliphatic heterocycles. The third-order valence-electron chi connectivity index (χ3n) is 4.99. The van der Waals surface area contributed by atoms with Crippen LogP contribution < -0.4 is 19.7 Å². The van der Waals surface area contributed by atoms with Gasteiger partial charge in [-0.3, -0.25) is 4.79 Å². The van der Waals surface area contributed by atoms with Crippen molar-refractivity contribution >= 4 is 23.4 Å². The van der Waals surface area contributed by atoms with Crippen molar-refractivity contribution in [2.75, 3.05) is 24.8 Å². The van der Waals surface area contributed by atoms with E-state index in [4.69, 9.17) is 9.47 Å². The summed E-state index contributed by atoms with van der Waals surface area (Å²) >= 11 is 0. The fourth-order valence-electron chi connectivity index (χ4n) is 3.46. The minimum absolute atomic E-state index is 0.225. The fraction of sp³-hybridized carbons (Fsp3) is 0.300. The highest BCUT2D eigenvalue weighted by Gasteiger charge is 2.16. The number of hydrogen-bond donors (Lipinski definition) is 1. The molecule has 1 amide bonds. The van der Waals surface area contributed by atoms with Gasteiger partial charge >= 0.3 is 0 Å². The Morgan fingerprint density at radius 3 is 2.86 bits per heavy atom. The number of aromatic nitrogens is 4. The highest BCUT2D eigenvalue weighted by molar-refractivity contribution is 5.91. The van der Waals surface area contributed by atoms with Gasteiger partial charge in [-0.2, -0.15) is 4.52 Å². The van der Waals surface area contributed by atoms with Crippen LogP contribution in [0.25, 0.3) is 11.7 Å². The highest BCUT2D eigenvalue weighted by Crippen LogP contribution is 2.32. The predicted molar refractivity (Wildman–Crippen MR) is 106 cm³/mol. The summed E-state index contributed by atoms with van der Waals surface area (Å²) in [4.78, 5) is 14.5. The van der Waals surface area contributed by atoms with Gasteiger partial charge in [-0.25, -0.2) is 0 Å². The van der Waals surface area contributed by atoms with E-state index in [1.807, 2.05) is 30.3 Å². The van der Waals surface area contributed by atoms with Gasteiger partial charge in [0.15, 0.2) is 23.0 Å². The maximum absolute atomic E-state index is 12.2. The van der Waals surface area contributed by atoms with Crippen LogP contribution in [0.1, 0.15) is 24.2 Å². The Morgan fingerprint density at radius 1 is 1.10 bits per heavy atom. The molecule has 0 atom stereocenters. The molecule has 0 radical (unpaired) electrons. The molecule has 1 N–H and O–H groups in total. The van der Waals surface area contributed by atoms with Crippen molar-refractivity contribution < 1.29 is 14.3 Å². The van der Waals surface area contributed by atoms with Gasteiger partial charge in [0.25, 0.3) is 0 Å². The quantitative estimate of drug-likeness (QED) is 0.662. The molecule has 5 rings (SSSR count). The number of nitrogens with zero attached hydrogens (tertiary/aromatic N) is 5. The SMILES string of the molecule is O=C(/C=C\c1ccc2c(c1)OCO2)NCc1nnc2ccc(N3CCCC3)nn12. The zero-order valence-electron chi connectivity index (χ0n) is 15.7. The first-order valence-electron chi connectivity index (χ1n) is 9.58. The molecule has 0 spiro atoms. The Kier molecular flexibility index (Phi) is 4.47. The van der Waals surface area contributed by atoms with Crippen LogP contribution in [0.3, 0.4) is 0 Å². The molecule has 1 saturated heterocycles. The maximum atomic E-state index is 12.2. The number of benzene rings is 1. The third kappa shape index (κ3) is 3.58. The van der Waals surface area contributed by atoms with Gasteiger partial charge in [0, 0.05) is 19.2 Å². The highest BCUT2D eigenvalue weighted by atomic mass is 16.7. The van der Waals surface area contributed by atoms with E-state index in [2.05, 4.69) is 25.5 Å². The first-order chi connectivity index (χ1) is 14.3. The van der Waals surface area contributed by atoms with Crippen molar-refractivity contribution in [3.8, 4) is 11.5 Å². The largest absolute Gasteiger partial charge is 0.454 e. The summed E-state index contributed by atoms with van der Waals surface area (Å²) in [5, 5.41) is 15.8. The summed E-state index contributed by atoms with van der Waals surface area (Å²) in [6, 6.07) is 9.39. The number of hydrogen-bond acceptors (Lipinski definition) is 7. The molecule has 0 aliphatic carbocycles. The number of anilines is 1. The van der Waals surface area contributed by atoms with Gasteiger partial charge < -0.3 is 19.7 Å². The summed E-state index contributed by atoms with van der Waals surface area (Å²) in [6.45, 7) is 2.49. The average Bonchev–Trinajstić information content (AvgIpc) is 3.50. The number of fused-ring (bicyclic) bond motifs is 2. The smallest absolute Gasteiger partial charge is 0.244 e. The van der Waals surface area contributed by atoms with Crippen molar-refractivity contribution in [2.45, 2.75) is 19.4 Å². The second-order valence-electron chi connectivity index (χ2n) is 6.94. The number of carbonyl (C=O) groups excluding carboxylic acids is 1. The molecular formula is C20H20N6O3. The molecule has 148 valence electrons.